The summed E-state index contributed by atoms with van der Waals surface area (Å²) in [5, 5.41) is 18.2. The molecule has 1 aromatic carbocycles. The van der Waals surface area contributed by atoms with Crippen LogP contribution in [-0.2, 0) is 19.6 Å². The number of carboxylic acid groups (broad SMARTS) is 1. The lowest BCUT2D eigenvalue weighted by Crippen LogP contribution is -2.50. The van der Waals surface area contributed by atoms with Gasteiger partial charge in [-0.15, -0.1) is 0 Å². The number of aliphatic imine (C=N–C) groups is 1. The number of hydrogen-bond acceptors (Lipinski definition) is 6. The van der Waals surface area contributed by atoms with Gasteiger partial charge in [0, 0.05) is 30.1 Å². The van der Waals surface area contributed by atoms with Crippen LogP contribution in [0.3, 0.4) is 0 Å². The summed E-state index contributed by atoms with van der Waals surface area (Å²) in [6.07, 6.45) is 6.55. The molecule has 2 aliphatic heterocycles. The first-order chi connectivity index (χ1) is 19.3. The van der Waals surface area contributed by atoms with Gasteiger partial charge in [0.1, 0.15) is 17.4 Å². The zero-order valence-electron chi connectivity index (χ0n) is 24.2. The maximum Gasteiger partial charge on any atom is 0.405 e. The highest BCUT2D eigenvalue weighted by Gasteiger charge is 2.48. The molecular formula is C29H41N5O6S. The van der Waals surface area contributed by atoms with Gasteiger partial charge in [0.15, 0.2) is 0 Å². The average Bonchev–Trinajstić information content (AvgIpc) is 3.22. The fraction of sp³-hybridized carbons (Fsp3) is 0.586. The third-order valence-corrected chi connectivity index (χ3v) is 9.96. The molecule has 3 aliphatic rings. The molecule has 1 spiro atoms. The first-order valence-electron chi connectivity index (χ1n) is 14.3. The van der Waals surface area contributed by atoms with E-state index in [0.717, 1.165) is 42.6 Å². The monoisotopic (exact) mass is 587 g/mol. The predicted molar refractivity (Wildman–Crippen MR) is 158 cm³/mol. The van der Waals surface area contributed by atoms with Crippen molar-refractivity contribution in [2.45, 2.75) is 84.2 Å². The standard InChI is InChI=1S/C29H41N5O6S/c1-18(2)24(31-28(37)38)26(35)30-22-16-19(3)23(20(4)17-22)10-15-41(39,40)34-13-11-29(12-14-34)27(36)32-25(33-29)21-8-6-5-7-9-21/h10,15-18,21,24,31H,5-9,11-14H2,1-4H3,(H,30,35)(H,37,38)(H,32,33,36)/t24-/m0/s1. The summed E-state index contributed by atoms with van der Waals surface area (Å²) in [6.45, 7) is 7.55. The van der Waals surface area contributed by atoms with Gasteiger partial charge in [-0.25, -0.2) is 13.2 Å². The van der Waals surface area contributed by atoms with E-state index < -0.39 is 33.6 Å². The number of benzene rings is 1. The van der Waals surface area contributed by atoms with Crippen molar-refractivity contribution >= 4 is 45.5 Å². The average molecular weight is 588 g/mol. The van der Waals surface area contributed by atoms with Crippen molar-refractivity contribution in [3.8, 4) is 0 Å². The minimum absolute atomic E-state index is 0.109. The number of carbonyl (C=O) groups excluding carboxylic acids is 2. The summed E-state index contributed by atoms with van der Waals surface area (Å²) >= 11 is 0. The maximum atomic E-state index is 13.2. The Kier molecular flexibility index (Phi) is 9.22. The molecule has 41 heavy (non-hydrogen) atoms. The van der Waals surface area contributed by atoms with Crippen molar-refractivity contribution in [3.05, 3.63) is 34.2 Å². The number of hydrogen-bond donors (Lipinski definition) is 4. The lowest BCUT2D eigenvalue weighted by molar-refractivity contribution is -0.125. The Balaban J connectivity index is 1.41. The van der Waals surface area contributed by atoms with Crippen LogP contribution in [0.15, 0.2) is 22.5 Å². The molecule has 4 N–H and O–H groups in total. The van der Waals surface area contributed by atoms with Gasteiger partial charge in [-0.3, -0.25) is 14.6 Å². The number of amidine groups is 1. The predicted octanol–water partition coefficient (Wildman–Crippen LogP) is 3.78. The van der Waals surface area contributed by atoms with Crippen molar-refractivity contribution in [2.24, 2.45) is 16.8 Å². The first-order valence-corrected chi connectivity index (χ1v) is 15.8. The quantitative estimate of drug-likeness (QED) is 0.363. The molecule has 12 heteroatoms. The van der Waals surface area contributed by atoms with E-state index in [9.17, 15) is 22.8 Å². The van der Waals surface area contributed by atoms with Crippen LogP contribution in [-0.4, -0.2) is 66.2 Å². The second-order valence-electron chi connectivity index (χ2n) is 11.7. The Labute approximate surface area is 241 Å². The van der Waals surface area contributed by atoms with Crippen molar-refractivity contribution in [2.75, 3.05) is 18.4 Å². The molecule has 11 nitrogen and oxygen atoms in total. The zero-order chi connectivity index (χ0) is 29.9. The molecule has 2 fully saturated rings. The highest BCUT2D eigenvalue weighted by molar-refractivity contribution is 7.92. The maximum absolute atomic E-state index is 13.2. The van der Waals surface area contributed by atoms with E-state index in [1.165, 1.54) is 16.1 Å². The number of amides is 3. The summed E-state index contributed by atoms with van der Waals surface area (Å²) in [6, 6.07) is 2.53. The van der Waals surface area contributed by atoms with Crippen LogP contribution in [0.4, 0.5) is 10.5 Å². The highest BCUT2D eigenvalue weighted by atomic mass is 32.2. The summed E-state index contributed by atoms with van der Waals surface area (Å²) in [5.74, 6) is 0.248. The number of nitrogens with one attached hydrogen (secondary N) is 3. The second kappa shape index (κ2) is 12.3. The molecule has 0 aromatic heterocycles. The molecule has 0 bridgehead atoms. The van der Waals surface area contributed by atoms with Gasteiger partial charge in [0.2, 0.25) is 15.9 Å². The molecule has 1 aromatic rings. The lowest BCUT2D eigenvalue weighted by Gasteiger charge is -2.34. The highest BCUT2D eigenvalue weighted by Crippen LogP contribution is 2.35. The minimum atomic E-state index is -3.74. The molecule has 1 saturated heterocycles. The van der Waals surface area contributed by atoms with Crippen LogP contribution in [0.5, 0.6) is 0 Å². The fourth-order valence-electron chi connectivity index (χ4n) is 6.00. The largest absolute Gasteiger partial charge is 0.465 e. The molecule has 0 unspecified atom stereocenters. The summed E-state index contributed by atoms with van der Waals surface area (Å²) < 4.78 is 27.8. The number of sulfonamides is 1. The van der Waals surface area contributed by atoms with Gasteiger partial charge in [0.25, 0.3) is 5.91 Å². The summed E-state index contributed by atoms with van der Waals surface area (Å²) in [5.41, 5.74) is 1.84. The van der Waals surface area contributed by atoms with Crippen LogP contribution >= 0.6 is 0 Å². The number of aryl methyl sites for hydroxylation is 2. The molecule has 1 saturated carbocycles. The molecule has 0 radical (unpaired) electrons. The lowest BCUT2D eigenvalue weighted by atomic mass is 9.88. The number of nitrogens with zero attached hydrogens (tertiary/aromatic N) is 2. The third-order valence-electron chi connectivity index (χ3n) is 8.40. The smallest absolute Gasteiger partial charge is 0.405 e. The second-order valence-corrected chi connectivity index (χ2v) is 13.6. The number of rotatable bonds is 8. The van der Waals surface area contributed by atoms with Gasteiger partial charge < -0.3 is 21.1 Å². The van der Waals surface area contributed by atoms with E-state index >= 15 is 0 Å². The Morgan fingerprint density at radius 2 is 1.73 bits per heavy atom. The SMILES string of the molecule is Cc1cc(NC(=O)[C@@H](NC(=O)O)C(C)C)cc(C)c1C=CS(=O)(=O)N1CCC2(CC1)N=C(C1CCCCC1)NC2=O. The zero-order valence-corrected chi connectivity index (χ0v) is 25.0. The summed E-state index contributed by atoms with van der Waals surface area (Å²) in [7, 11) is -3.74. The van der Waals surface area contributed by atoms with Gasteiger partial charge in [-0.2, -0.15) is 4.31 Å². The normalized spacial score (nSPS) is 20.7. The van der Waals surface area contributed by atoms with E-state index in [-0.39, 0.29) is 24.9 Å². The Bertz CT molecular complexity index is 1330. The van der Waals surface area contributed by atoms with Crippen LogP contribution in [0, 0.1) is 25.7 Å². The minimum Gasteiger partial charge on any atom is -0.465 e. The van der Waals surface area contributed by atoms with Crippen LogP contribution in [0.25, 0.3) is 6.08 Å². The number of carbonyl (C=O) groups is 3. The number of anilines is 1. The molecule has 2 heterocycles. The third kappa shape index (κ3) is 6.98. The van der Waals surface area contributed by atoms with Crippen molar-refractivity contribution in [3.63, 3.8) is 0 Å². The van der Waals surface area contributed by atoms with Gasteiger partial charge in [0.05, 0.1) is 0 Å². The van der Waals surface area contributed by atoms with E-state index in [0.29, 0.717) is 30.0 Å². The van der Waals surface area contributed by atoms with E-state index in [4.69, 9.17) is 10.1 Å². The molecule has 1 atom stereocenters. The van der Waals surface area contributed by atoms with E-state index in [1.807, 2.05) is 13.8 Å². The molecule has 224 valence electrons. The molecule has 1 aliphatic carbocycles. The topological polar surface area (TPSA) is 157 Å². The van der Waals surface area contributed by atoms with Gasteiger partial charge in [-0.1, -0.05) is 33.1 Å². The molecular weight excluding hydrogens is 546 g/mol. The fourth-order valence-corrected chi connectivity index (χ4v) is 7.17. The van der Waals surface area contributed by atoms with E-state index in [1.54, 1.807) is 32.1 Å². The van der Waals surface area contributed by atoms with Crippen molar-refractivity contribution in [1.29, 1.82) is 0 Å². The van der Waals surface area contributed by atoms with Gasteiger partial charge >= 0.3 is 6.09 Å². The van der Waals surface area contributed by atoms with Gasteiger partial charge in [-0.05, 0) is 80.3 Å². The van der Waals surface area contributed by atoms with E-state index in [2.05, 4.69) is 16.0 Å². The summed E-state index contributed by atoms with van der Waals surface area (Å²) in [4.78, 5) is 41.5. The number of piperidine rings is 1. The van der Waals surface area contributed by atoms with Crippen LogP contribution in [0.2, 0.25) is 0 Å². The van der Waals surface area contributed by atoms with Crippen LogP contribution in [0.1, 0.15) is 75.5 Å². The Morgan fingerprint density at radius 1 is 1.12 bits per heavy atom. The Hall–Kier alpha value is -3.25. The van der Waals surface area contributed by atoms with Crippen LogP contribution < -0.4 is 16.0 Å². The van der Waals surface area contributed by atoms with Crippen molar-refractivity contribution < 1.29 is 27.9 Å². The first kappa shape index (κ1) is 30.7. The molecule has 3 amide bonds. The molecule has 4 rings (SSSR count). The Morgan fingerprint density at radius 3 is 2.29 bits per heavy atom. The van der Waals surface area contributed by atoms with Crippen molar-refractivity contribution in [1.82, 2.24) is 14.9 Å².